The Morgan fingerprint density at radius 2 is 1.89 bits per heavy atom. The molecule has 0 aliphatic rings. The molecule has 27 heavy (non-hydrogen) atoms. The number of halogens is 4. The number of alkyl halides is 3. The SMILES string of the molecule is C=C(C)Cn1nc(-c2ccncc2Cl)n(-c2ccc(C(F)(F)F)cc2)c1=O. The molecule has 3 aromatic rings. The molecule has 0 radical (unpaired) electrons. The Morgan fingerprint density at radius 3 is 2.44 bits per heavy atom. The van der Waals surface area contributed by atoms with Crippen LogP contribution in [0.4, 0.5) is 13.2 Å². The van der Waals surface area contributed by atoms with Gasteiger partial charge in [-0.2, -0.15) is 13.2 Å². The van der Waals surface area contributed by atoms with Gasteiger partial charge in [0, 0.05) is 18.0 Å². The summed E-state index contributed by atoms with van der Waals surface area (Å²) >= 11 is 6.18. The molecule has 0 saturated heterocycles. The van der Waals surface area contributed by atoms with Crippen LogP contribution in [-0.2, 0) is 12.7 Å². The van der Waals surface area contributed by atoms with E-state index in [1.54, 1.807) is 13.0 Å². The highest BCUT2D eigenvalue weighted by molar-refractivity contribution is 6.33. The lowest BCUT2D eigenvalue weighted by atomic mass is 10.2. The van der Waals surface area contributed by atoms with Crippen LogP contribution in [0.1, 0.15) is 12.5 Å². The molecule has 0 unspecified atom stereocenters. The second-order valence-corrected chi connectivity index (χ2v) is 6.36. The van der Waals surface area contributed by atoms with Gasteiger partial charge in [-0.3, -0.25) is 4.98 Å². The molecule has 0 spiro atoms. The minimum Gasteiger partial charge on any atom is -0.263 e. The molecule has 140 valence electrons. The lowest BCUT2D eigenvalue weighted by Crippen LogP contribution is -2.24. The second kappa shape index (κ2) is 7.03. The highest BCUT2D eigenvalue weighted by atomic mass is 35.5. The Kier molecular flexibility index (Phi) is 4.93. The molecule has 0 aliphatic heterocycles. The Balaban J connectivity index is 2.22. The van der Waals surface area contributed by atoms with Gasteiger partial charge in [0.2, 0.25) is 0 Å². The molecule has 0 N–H and O–H groups in total. The van der Waals surface area contributed by atoms with Gasteiger partial charge in [-0.15, -0.1) is 5.10 Å². The van der Waals surface area contributed by atoms with Crippen molar-refractivity contribution in [2.24, 2.45) is 0 Å². The third-order valence-electron chi connectivity index (χ3n) is 3.73. The number of rotatable bonds is 4. The summed E-state index contributed by atoms with van der Waals surface area (Å²) in [4.78, 5) is 16.7. The van der Waals surface area contributed by atoms with Crippen LogP contribution in [0.15, 0.2) is 59.7 Å². The molecule has 3 rings (SSSR count). The largest absolute Gasteiger partial charge is 0.416 e. The van der Waals surface area contributed by atoms with Crippen molar-refractivity contribution in [1.82, 2.24) is 19.3 Å². The molecule has 0 amide bonds. The topological polar surface area (TPSA) is 52.7 Å². The summed E-state index contributed by atoms with van der Waals surface area (Å²) in [6.07, 6.45) is -1.58. The molecular weight excluding hydrogens is 381 g/mol. The number of hydrogen-bond donors (Lipinski definition) is 0. The monoisotopic (exact) mass is 394 g/mol. The van der Waals surface area contributed by atoms with Gasteiger partial charge in [-0.25, -0.2) is 14.0 Å². The van der Waals surface area contributed by atoms with Crippen molar-refractivity contribution in [2.45, 2.75) is 19.6 Å². The number of allylic oxidation sites excluding steroid dienone is 1. The number of aromatic nitrogens is 4. The number of hydrogen-bond acceptors (Lipinski definition) is 3. The standard InChI is InChI=1S/C18H14ClF3N4O/c1-11(2)10-25-17(27)26(13-5-3-12(4-6-13)18(20,21)22)16(24-25)14-7-8-23-9-15(14)19/h3-9H,1,10H2,2H3. The summed E-state index contributed by atoms with van der Waals surface area (Å²) < 4.78 is 40.9. The first-order valence-corrected chi connectivity index (χ1v) is 8.18. The van der Waals surface area contributed by atoms with Crippen molar-refractivity contribution >= 4 is 11.6 Å². The van der Waals surface area contributed by atoms with Crippen LogP contribution in [0.3, 0.4) is 0 Å². The predicted molar refractivity (Wildman–Crippen MR) is 95.9 cm³/mol. The van der Waals surface area contributed by atoms with Gasteiger partial charge in [0.15, 0.2) is 5.82 Å². The number of pyridine rings is 1. The van der Waals surface area contributed by atoms with Crippen molar-refractivity contribution in [3.63, 3.8) is 0 Å². The van der Waals surface area contributed by atoms with Gasteiger partial charge in [0.1, 0.15) is 0 Å². The summed E-state index contributed by atoms with van der Waals surface area (Å²) in [6, 6.07) is 5.84. The van der Waals surface area contributed by atoms with E-state index in [0.717, 1.165) is 12.1 Å². The predicted octanol–water partition coefficient (Wildman–Crippen LogP) is 4.34. The fourth-order valence-electron chi connectivity index (χ4n) is 2.53. The molecule has 0 saturated carbocycles. The van der Waals surface area contributed by atoms with Crippen LogP contribution in [0.5, 0.6) is 0 Å². The van der Waals surface area contributed by atoms with Gasteiger partial charge in [0.05, 0.1) is 22.8 Å². The molecule has 0 atom stereocenters. The first kappa shape index (κ1) is 18.9. The fourth-order valence-corrected chi connectivity index (χ4v) is 2.73. The van der Waals surface area contributed by atoms with Gasteiger partial charge in [-0.05, 0) is 37.3 Å². The van der Waals surface area contributed by atoms with Crippen molar-refractivity contribution in [2.75, 3.05) is 0 Å². The van der Waals surface area contributed by atoms with Crippen LogP contribution < -0.4 is 5.69 Å². The third-order valence-corrected chi connectivity index (χ3v) is 4.03. The molecule has 5 nitrogen and oxygen atoms in total. The van der Waals surface area contributed by atoms with Gasteiger partial charge in [-0.1, -0.05) is 23.8 Å². The highest BCUT2D eigenvalue weighted by Crippen LogP contribution is 2.31. The van der Waals surface area contributed by atoms with Crippen LogP contribution in [-0.4, -0.2) is 19.3 Å². The van der Waals surface area contributed by atoms with E-state index in [2.05, 4.69) is 16.7 Å². The number of nitrogens with zero attached hydrogens (tertiary/aromatic N) is 4. The first-order valence-electron chi connectivity index (χ1n) is 7.80. The van der Waals surface area contributed by atoms with E-state index in [9.17, 15) is 18.0 Å². The Labute approximate surface area is 157 Å². The first-order chi connectivity index (χ1) is 12.7. The summed E-state index contributed by atoms with van der Waals surface area (Å²) in [5.74, 6) is 0.202. The minimum atomic E-state index is -4.47. The maximum Gasteiger partial charge on any atom is 0.416 e. The maximum absolute atomic E-state index is 12.8. The summed E-state index contributed by atoms with van der Waals surface area (Å²) in [5, 5.41) is 4.56. The van der Waals surface area contributed by atoms with Gasteiger partial charge >= 0.3 is 11.9 Å². The lowest BCUT2D eigenvalue weighted by Gasteiger charge is -2.09. The van der Waals surface area contributed by atoms with E-state index in [1.807, 2.05) is 0 Å². The highest BCUT2D eigenvalue weighted by Gasteiger charge is 2.30. The zero-order valence-electron chi connectivity index (χ0n) is 14.2. The average Bonchev–Trinajstić information content (AvgIpc) is 2.90. The normalized spacial score (nSPS) is 11.6. The third kappa shape index (κ3) is 3.80. The molecule has 0 fully saturated rings. The fraction of sp³-hybridized carbons (Fsp3) is 0.167. The smallest absolute Gasteiger partial charge is 0.263 e. The van der Waals surface area contributed by atoms with E-state index < -0.39 is 17.4 Å². The molecule has 2 heterocycles. The summed E-state index contributed by atoms with van der Waals surface area (Å²) in [5.41, 5.74) is 0.0484. The van der Waals surface area contributed by atoms with Crippen molar-refractivity contribution < 1.29 is 13.2 Å². The van der Waals surface area contributed by atoms with Crippen molar-refractivity contribution in [3.8, 4) is 17.1 Å². The molecule has 9 heteroatoms. The maximum atomic E-state index is 12.8. The summed E-state index contributed by atoms with van der Waals surface area (Å²) in [6.45, 7) is 5.67. The quantitative estimate of drug-likeness (QED) is 0.618. The molecule has 0 bridgehead atoms. The van der Waals surface area contributed by atoms with E-state index >= 15 is 0 Å². The van der Waals surface area contributed by atoms with Crippen LogP contribution >= 0.6 is 11.6 Å². The summed E-state index contributed by atoms with van der Waals surface area (Å²) in [7, 11) is 0. The molecular formula is C18H14ClF3N4O. The van der Waals surface area contributed by atoms with Crippen LogP contribution in [0.2, 0.25) is 5.02 Å². The second-order valence-electron chi connectivity index (χ2n) is 5.96. The lowest BCUT2D eigenvalue weighted by molar-refractivity contribution is -0.137. The molecule has 2 aromatic heterocycles. The van der Waals surface area contributed by atoms with Crippen molar-refractivity contribution in [1.29, 1.82) is 0 Å². The minimum absolute atomic E-state index is 0.169. The Hall–Kier alpha value is -2.87. The molecule has 1 aromatic carbocycles. The van der Waals surface area contributed by atoms with Gasteiger partial charge in [0.25, 0.3) is 0 Å². The molecule has 0 aliphatic carbocycles. The Bertz CT molecular complexity index is 1050. The zero-order chi connectivity index (χ0) is 19.8. The van der Waals surface area contributed by atoms with E-state index in [0.29, 0.717) is 11.1 Å². The van der Waals surface area contributed by atoms with E-state index in [4.69, 9.17) is 11.6 Å². The van der Waals surface area contributed by atoms with E-state index in [1.165, 1.54) is 33.8 Å². The number of benzene rings is 1. The zero-order valence-corrected chi connectivity index (χ0v) is 14.9. The Morgan fingerprint density at radius 1 is 1.22 bits per heavy atom. The van der Waals surface area contributed by atoms with Crippen LogP contribution in [0.25, 0.3) is 17.1 Å². The van der Waals surface area contributed by atoms with Crippen molar-refractivity contribution in [3.05, 3.63) is 75.9 Å². The average molecular weight is 395 g/mol. The van der Waals surface area contributed by atoms with Gasteiger partial charge < -0.3 is 0 Å². The van der Waals surface area contributed by atoms with Crippen LogP contribution in [0, 0.1) is 0 Å². The van der Waals surface area contributed by atoms with E-state index in [-0.39, 0.29) is 23.1 Å².